The molecule has 1 heterocycles. The molecule has 0 amide bonds. The fraction of sp³-hybridized carbons (Fsp3) is 0.286. The van der Waals surface area contributed by atoms with Gasteiger partial charge in [-0.1, -0.05) is 18.7 Å². The van der Waals surface area contributed by atoms with E-state index in [9.17, 15) is 9.59 Å². The van der Waals surface area contributed by atoms with Gasteiger partial charge < -0.3 is 0 Å². The summed E-state index contributed by atoms with van der Waals surface area (Å²) < 4.78 is 3.21. The normalized spacial score (nSPS) is 10.8. The monoisotopic (exact) mass is 244 g/mol. The zero-order valence-corrected chi connectivity index (χ0v) is 10.6. The zero-order chi connectivity index (χ0) is 13.3. The predicted molar refractivity (Wildman–Crippen MR) is 72.5 cm³/mol. The van der Waals surface area contributed by atoms with Gasteiger partial charge in [-0.3, -0.25) is 13.9 Å². The summed E-state index contributed by atoms with van der Waals surface area (Å²) in [5.74, 6) is 0.0778. The van der Waals surface area contributed by atoms with Crippen molar-refractivity contribution < 1.29 is 4.79 Å². The van der Waals surface area contributed by atoms with Crippen molar-refractivity contribution in [1.29, 1.82) is 0 Å². The number of hydrogen-bond donors (Lipinski definition) is 0. The minimum Gasteiger partial charge on any atom is -0.300 e. The Bertz CT molecular complexity index is 677. The number of Topliss-reactive ketones (excluding diaryl/α,β-unsaturated/α-hetero) is 1. The zero-order valence-electron chi connectivity index (χ0n) is 10.6. The fourth-order valence-corrected chi connectivity index (χ4v) is 2.06. The molecule has 18 heavy (non-hydrogen) atoms. The Kier molecular flexibility index (Phi) is 3.19. The largest absolute Gasteiger partial charge is 0.333 e. The molecule has 4 nitrogen and oxygen atoms in total. The molecule has 0 saturated carbocycles. The molecule has 0 fully saturated rings. The molecule has 0 aliphatic heterocycles. The summed E-state index contributed by atoms with van der Waals surface area (Å²) in [4.78, 5) is 23.4. The summed E-state index contributed by atoms with van der Waals surface area (Å²) >= 11 is 0. The summed E-state index contributed by atoms with van der Waals surface area (Å²) in [6.45, 7) is 7.56. The minimum absolute atomic E-state index is 0.0778. The van der Waals surface area contributed by atoms with Gasteiger partial charge in [-0.15, -0.1) is 0 Å². The van der Waals surface area contributed by atoms with E-state index in [0.29, 0.717) is 18.7 Å². The maximum atomic E-state index is 12.3. The van der Waals surface area contributed by atoms with Gasteiger partial charge in [0, 0.05) is 18.7 Å². The number of fused-ring (bicyclic) bond motifs is 1. The van der Waals surface area contributed by atoms with E-state index < -0.39 is 0 Å². The second-order valence-corrected chi connectivity index (χ2v) is 4.45. The number of carbonyl (C=O) groups is 1. The standard InChI is InChI=1S/C14H16N2O2/c1-10(2)16-13-7-5-4-6-12(13)15(14(16)18)9-8-11(3)17/h4-7H,1,8-9H2,2-3H3. The fourth-order valence-electron chi connectivity index (χ4n) is 2.06. The van der Waals surface area contributed by atoms with Crippen LogP contribution in [0.5, 0.6) is 0 Å². The molecule has 4 heteroatoms. The highest BCUT2D eigenvalue weighted by atomic mass is 16.2. The first-order chi connectivity index (χ1) is 8.52. The number of aryl methyl sites for hydroxylation is 1. The quantitative estimate of drug-likeness (QED) is 0.828. The van der Waals surface area contributed by atoms with Crippen molar-refractivity contribution in [3.05, 3.63) is 41.3 Å². The number of ketones is 1. The molecule has 1 aromatic carbocycles. The van der Waals surface area contributed by atoms with Crippen LogP contribution in [0.4, 0.5) is 0 Å². The summed E-state index contributed by atoms with van der Waals surface area (Å²) in [6, 6.07) is 7.54. The van der Waals surface area contributed by atoms with Crippen molar-refractivity contribution in [2.75, 3.05) is 0 Å². The number of nitrogens with zero attached hydrogens (tertiary/aromatic N) is 2. The second-order valence-electron chi connectivity index (χ2n) is 4.45. The number of benzene rings is 1. The van der Waals surface area contributed by atoms with E-state index >= 15 is 0 Å². The van der Waals surface area contributed by atoms with Crippen molar-refractivity contribution in [3.63, 3.8) is 0 Å². The van der Waals surface area contributed by atoms with Gasteiger partial charge in [0.1, 0.15) is 5.78 Å². The van der Waals surface area contributed by atoms with Gasteiger partial charge in [0.25, 0.3) is 0 Å². The highest BCUT2D eigenvalue weighted by molar-refractivity contribution is 5.80. The first-order valence-electron chi connectivity index (χ1n) is 5.88. The van der Waals surface area contributed by atoms with Gasteiger partial charge in [0.05, 0.1) is 11.0 Å². The summed E-state index contributed by atoms with van der Waals surface area (Å²) in [5.41, 5.74) is 2.22. The number of aromatic nitrogens is 2. The molecule has 0 N–H and O–H groups in total. The first kappa shape index (κ1) is 12.4. The molecular weight excluding hydrogens is 228 g/mol. The molecule has 0 saturated heterocycles. The SMILES string of the molecule is C=C(C)n1c(=O)n(CCC(C)=O)c2ccccc21. The topological polar surface area (TPSA) is 44.0 Å². The Morgan fingerprint density at radius 2 is 1.83 bits per heavy atom. The van der Waals surface area contributed by atoms with E-state index in [4.69, 9.17) is 0 Å². The molecular formula is C14H16N2O2. The lowest BCUT2D eigenvalue weighted by molar-refractivity contribution is -0.117. The molecule has 0 aliphatic carbocycles. The summed E-state index contributed by atoms with van der Waals surface area (Å²) in [5, 5.41) is 0. The number of hydrogen-bond acceptors (Lipinski definition) is 2. The van der Waals surface area contributed by atoms with Gasteiger partial charge in [-0.2, -0.15) is 0 Å². The molecule has 2 rings (SSSR count). The number of para-hydroxylation sites is 2. The van der Waals surface area contributed by atoms with Gasteiger partial charge in [-0.05, 0) is 26.0 Å². The Balaban J connectivity index is 2.66. The summed E-state index contributed by atoms with van der Waals surface area (Å²) in [6.07, 6.45) is 0.365. The van der Waals surface area contributed by atoms with Crippen LogP contribution in [0.3, 0.4) is 0 Å². The third-order valence-electron chi connectivity index (χ3n) is 2.90. The number of imidazole rings is 1. The molecule has 0 unspecified atom stereocenters. The lowest BCUT2D eigenvalue weighted by atomic mass is 10.3. The third kappa shape index (κ3) is 2.01. The highest BCUT2D eigenvalue weighted by Crippen LogP contribution is 2.15. The third-order valence-corrected chi connectivity index (χ3v) is 2.90. The molecule has 2 aromatic rings. The average Bonchev–Trinajstić information content (AvgIpc) is 2.58. The van der Waals surface area contributed by atoms with Gasteiger partial charge in [0.2, 0.25) is 0 Å². The average molecular weight is 244 g/mol. The lowest BCUT2D eigenvalue weighted by Gasteiger charge is -2.00. The lowest BCUT2D eigenvalue weighted by Crippen LogP contribution is -2.23. The number of rotatable bonds is 4. The Labute approximate surface area is 105 Å². The molecule has 0 radical (unpaired) electrons. The van der Waals surface area contributed by atoms with E-state index in [1.54, 1.807) is 16.1 Å². The van der Waals surface area contributed by atoms with Crippen LogP contribution in [0.25, 0.3) is 16.7 Å². The van der Waals surface area contributed by atoms with Crippen LogP contribution in [0.15, 0.2) is 35.6 Å². The highest BCUT2D eigenvalue weighted by Gasteiger charge is 2.12. The summed E-state index contributed by atoms with van der Waals surface area (Å²) in [7, 11) is 0. The number of carbonyl (C=O) groups excluding carboxylic acids is 1. The Hall–Kier alpha value is -2.10. The minimum atomic E-state index is -0.134. The maximum Gasteiger partial charge on any atom is 0.333 e. The van der Waals surface area contributed by atoms with E-state index in [2.05, 4.69) is 6.58 Å². The Morgan fingerprint density at radius 3 is 2.39 bits per heavy atom. The number of allylic oxidation sites excluding steroid dienone is 1. The van der Waals surface area contributed by atoms with Crippen LogP contribution in [-0.2, 0) is 11.3 Å². The molecule has 94 valence electrons. The van der Waals surface area contributed by atoms with Crippen molar-refractivity contribution in [1.82, 2.24) is 9.13 Å². The van der Waals surface area contributed by atoms with Gasteiger partial charge in [-0.25, -0.2) is 4.79 Å². The molecule has 0 spiro atoms. The van der Waals surface area contributed by atoms with E-state index in [1.165, 1.54) is 6.92 Å². The van der Waals surface area contributed by atoms with Crippen molar-refractivity contribution >= 4 is 22.5 Å². The van der Waals surface area contributed by atoms with E-state index in [0.717, 1.165) is 11.0 Å². The molecule has 0 bridgehead atoms. The molecule has 1 aromatic heterocycles. The van der Waals surface area contributed by atoms with E-state index in [1.807, 2.05) is 24.3 Å². The van der Waals surface area contributed by atoms with E-state index in [-0.39, 0.29) is 11.5 Å². The van der Waals surface area contributed by atoms with Crippen LogP contribution >= 0.6 is 0 Å². The van der Waals surface area contributed by atoms with Crippen molar-refractivity contribution in [3.8, 4) is 0 Å². The second kappa shape index (κ2) is 4.64. The molecule has 0 atom stereocenters. The van der Waals surface area contributed by atoms with Crippen LogP contribution in [0, 0.1) is 0 Å². The van der Waals surface area contributed by atoms with Crippen LogP contribution in [0.1, 0.15) is 20.3 Å². The maximum absolute atomic E-state index is 12.3. The predicted octanol–water partition coefficient (Wildman–Crippen LogP) is 2.27. The van der Waals surface area contributed by atoms with Crippen LogP contribution < -0.4 is 5.69 Å². The van der Waals surface area contributed by atoms with Crippen LogP contribution in [0.2, 0.25) is 0 Å². The first-order valence-corrected chi connectivity index (χ1v) is 5.88. The van der Waals surface area contributed by atoms with Crippen LogP contribution in [-0.4, -0.2) is 14.9 Å². The smallest absolute Gasteiger partial charge is 0.300 e. The van der Waals surface area contributed by atoms with Gasteiger partial charge in [0.15, 0.2) is 0 Å². The van der Waals surface area contributed by atoms with Crippen molar-refractivity contribution in [2.24, 2.45) is 0 Å². The van der Waals surface area contributed by atoms with Crippen molar-refractivity contribution in [2.45, 2.75) is 26.8 Å². The Morgan fingerprint density at radius 1 is 1.22 bits per heavy atom. The van der Waals surface area contributed by atoms with Gasteiger partial charge >= 0.3 is 5.69 Å². The molecule has 0 aliphatic rings.